The molecule has 162 valence electrons. The summed E-state index contributed by atoms with van der Waals surface area (Å²) in [5.74, 6) is 0.787. The van der Waals surface area contributed by atoms with E-state index in [0.717, 1.165) is 41.8 Å². The number of hydrogen-bond acceptors (Lipinski definition) is 3. The summed E-state index contributed by atoms with van der Waals surface area (Å²) in [6.45, 7) is 1.24. The minimum atomic E-state index is -0.530. The van der Waals surface area contributed by atoms with Crippen molar-refractivity contribution < 1.29 is 14.3 Å². The van der Waals surface area contributed by atoms with Crippen LogP contribution in [-0.2, 0) is 23.2 Å². The van der Waals surface area contributed by atoms with Crippen LogP contribution in [0, 0.1) is 0 Å². The van der Waals surface area contributed by atoms with Crippen LogP contribution in [0.3, 0.4) is 0 Å². The molecule has 5 nitrogen and oxygen atoms in total. The van der Waals surface area contributed by atoms with E-state index in [1.807, 2.05) is 71.6 Å². The Morgan fingerprint density at radius 2 is 1.69 bits per heavy atom. The third-order valence-electron chi connectivity index (χ3n) is 6.59. The maximum absolute atomic E-state index is 13.3. The molecule has 3 aromatic rings. The number of carbonyl (C=O) groups is 2. The Bertz CT molecular complexity index is 1170. The van der Waals surface area contributed by atoms with E-state index in [-0.39, 0.29) is 11.8 Å². The van der Waals surface area contributed by atoms with Crippen molar-refractivity contribution in [2.45, 2.75) is 31.2 Å². The maximum atomic E-state index is 13.3. The number of benzene rings is 3. The van der Waals surface area contributed by atoms with Crippen LogP contribution in [0.2, 0.25) is 0 Å². The van der Waals surface area contributed by atoms with Gasteiger partial charge in [-0.05, 0) is 60.7 Å². The molecule has 3 aromatic carbocycles. The number of rotatable bonds is 5. The third-order valence-corrected chi connectivity index (χ3v) is 6.59. The fraction of sp³-hybridized carbons (Fsp3) is 0.259. The van der Waals surface area contributed by atoms with Gasteiger partial charge in [0.2, 0.25) is 5.91 Å². The molecule has 1 aliphatic carbocycles. The Labute approximate surface area is 188 Å². The molecule has 0 aromatic heterocycles. The monoisotopic (exact) mass is 426 g/mol. The quantitative estimate of drug-likeness (QED) is 0.651. The van der Waals surface area contributed by atoms with Crippen molar-refractivity contribution in [3.63, 3.8) is 0 Å². The first kappa shape index (κ1) is 20.3. The summed E-state index contributed by atoms with van der Waals surface area (Å²) in [6.07, 6.45) is 2.43. The number of methoxy groups -OCH3 is 1. The van der Waals surface area contributed by atoms with Gasteiger partial charge in [-0.15, -0.1) is 0 Å². The Morgan fingerprint density at radius 3 is 2.44 bits per heavy atom. The third kappa shape index (κ3) is 3.64. The number of para-hydroxylation sites is 1. The van der Waals surface area contributed by atoms with Crippen molar-refractivity contribution in [3.05, 3.63) is 95.1 Å². The summed E-state index contributed by atoms with van der Waals surface area (Å²) >= 11 is 0. The second-order valence-corrected chi connectivity index (χ2v) is 8.56. The van der Waals surface area contributed by atoms with E-state index < -0.39 is 5.41 Å². The van der Waals surface area contributed by atoms with E-state index in [1.54, 1.807) is 7.11 Å². The van der Waals surface area contributed by atoms with Crippen LogP contribution in [0.5, 0.6) is 5.75 Å². The van der Waals surface area contributed by atoms with Crippen LogP contribution >= 0.6 is 0 Å². The number of anilines is 1. The average molecular weight is 427 g/mol. The summed E-state index contributed by atoms with van der Waals surface area (Å²) < 4.78 is 5.50. The van der Waals surface area contributed by atoms with Gasteiger partial charge >= 0.3 is 0 Å². The van der Waals surface area contributed by atoms with Crippen molar-refractivity contribution in [2.75, 3.05) is 19.0 Å². The van der Waals surface area contributed by atoms with E-state index in [0.29, 0.717) is 18.7 Å². The SMILES string of the molecule is COc1ccccc1C1(C(=O)Nc2ccc3c(c2)CN(C(=O)c2ccccc2)CC3)CC1. The first-order valence-electron chi connectivity index (χ1n) is 11.0. The van der Waals surface area contributed by atoms with Gasteiger partial charge in [0.25, 0.3) is 5.91 Å². The molecule has 0 radical (unpaired) electrons. The minimum absolute atomic E-state index is 0.00465. The van der Waals surface area contributed by atoms with E-state index in [1.165, 1.54) is 5.56 Å². The van der Waals surface area contributed by atoms with Crippen LogP contribution in [0.1, 0.15) is 39.9 Å². The van der Waals surface area contributed by atoms with Crippen LogP contribution < -0.4 is 10.1 Å². The van der Waals surface area contributed by atoms with Crippen molar-refractivity contribution in [2.24, 2.45) is 0 Å². The predicted molar refractivity (Wildman–Crippen MR) is 124 cm³/mol. The molecule has 32 heavy (non-hydrogen) atoms. The second-order valence-electron chi connectivity index (χ2n) is 8.56. The molecule has 0 spiro atoms. The topological polar surface area (TPSA) is 58.6 Å². The highest BCUT2D eigenvalue weighted by Gasteiger charge is 2.52. The molecule has 2 amide bonds. The van der Waals surface area contributed by atoms with Gasteiger partial charge in [0.1, 0.15) is 5.75 Å². The van der Waals surface area contributed by atoms with Gasteiger partial charge in [-0.3, -0.25) is 9.59 Å². The molecule has 0 unspecified atom stereocenters. The molecular formula is C27H26N2O3. The predicted octanol–water partition coefficient (Wildman–Crippen LogP) is 4.56. The fourth-order valence-electron chi connectivity index (χ4n) is 4.61. The Hall–Kier alpha value is -3.60. The van der Waals surface area contributed by atoms with E-state index >= 15 is 0 Å². The van der Waals surface area contributed by atoms with Crippen molar-refractivity contribution in [1.29, 1.82) is 0 Å². The molecule has 0 saturated heterocycles. The maximum Gasteiger partial charge on any atom is 0.254 e. The van der Waals surface area contributed by atoms with Crippen molar-refractivity contribution >= 4 is 17.5 Å². The normalized spacial score (nSPS) is 16.1. The Kier molecular flexibility index (Phi) is 5.17. The Morgan fingerprint density at radius 1 is 0.938 bits per heavy atom. The van der Waals surface area contributed by atoms with E-state index in [2.05, 4.69) is 11.4 Å². The zero-order chi connectivity index (χ0) is 22.1. The van der Waals surface area contributed by atoms with E-state index in [4.69, 9.17) is 4.74 Å². The molecule has 1 heterocycles. The highest BCUT2D eigenvalue weighted by atomic mass is 16.5. The summed E-state index contributed by atoms with van der Waals surface area (Å²) in [5.41, 5.74) is 4.19. The van der Waals surface area contributed by atoms with Crippen LogP contribution in [0.15, 0.2) is 72.8 Å². The largest absolute Gasteiger partial charge is 0.496 e. The number of nitrogens with one attached hydrogen (secondary N) is 1. The summed E-state index contributed by atoms with van der Waals surface area (Å²) in [6, 6.07) is 23.2. The van der Waals surface area contributed by atoms with Crippen LogP contribution in [0.4, 0.5) is 5.69 Å². The lowest BCUT2D eigenvalue weighted by molar-refractivity contribution is -0.118. The number of nitrogens with zero attached hydrogens (tertiary/aromatic N) is 1. The van der Waals surface area contributed by atoms with Crippen molar-refractivity contribution in [3.8, 4) is 5.75 Å². The number of carbonyl (C=O) groups excluding carboxylic acids is 2. The number of hydrogen-bond donors (Lipinski definition) is 1. The van der Waals surface area contributed by atoms with Gasteiger partial charge in [-0.1, -0.05) is 42.5 Å². The first-order valence-corrected chi connectivity index (χ1v) is 11.0. The molecule has 1 saturated carbocycles. The minimum Gasteiger partial charge on any atom is -0.496 e. The zero-order valence-electron chi connectivity index (χ0n) is 18.1. The molecular weight excluding hydrogens is 400 g/mol. The van der Waals surface area contributed by atoms with Crippen LogP contribution in [0.25, 0.3) is 0 Å². The standard InChI is InChI=1S/C27H26N2O3/c1-32-24-10-6-5-9-23(24)27(14-15-27)26(31)28-22-12-11-19-13-16-29(18-21(19)17-22)25(30)20-7-3-2-4-8-20/h2-12,17H,13-16,18H2,1H3,(H,28,31). The van der Waals surface area contributed by atoms with Gasteiger partial charge in [0.15, 0.2) is 0 Å². The van der Waals surface area contributed by atoms with Gasteiger partial charge in [0.05, 0.1) is 12.5 Å². The molecule has 2 aliphatic rings. The fourth-order valence-corrected chi connectivity index (χ4v) is 4.61. The molecule has 0 atom stereocenters. The highest BCUT2D eigenvalue weighted by molar-refractivity contribution is 6.02. The van der Waals surface area contributed by atoms with Gasteiger partial charge in [-0.2, -0.15) is 0 Å². The summed E-state index contributed by atoms with van der Waals surface area (Å²) in [7, 11) is 1.64. The lowest BCUT2D eigenvalue weighted by atomic mass is 9.93. The molecule has 0 bridgehead atoms. The molecule has 1 N–H and O–H groups in total. The number of amides is 2. The van der Waals surface area contributed by atoms with Gasteiger partial charge in [-0.25, -0.2) is 0 Å². The lowest BCUT2D eigenvalue weighted by Crippen LogP contribution is -2.36. The van der Waals surface area contributed by atoms with E-state index in [9.17, 15) is 9.59 Å². The smallest absolute Gasteiger partial charge is 0.254 e. The van der Waals surface area contributed by atoms with Crippen molar-refractivity contribution in [1.82, 2.24) is 4.90 Å². The van der Waals surface area contributed by atoms with Crippen LogP contribution in [-0.4, -0.2) is 30.4 Å². The molecule has 1 fully saturated rings. The van der Waals surface area contributed by atoms with Gasteiger partial charge in [0, 0.05) is 29.9 Å². The zero-order valence-corrected chi connectivity index (χ0v) is 18.1. The lowest BCUT2D eigenvalue weighted by Gasteiger charge is -2.29. The second kappa shape index (κ2) is 8.15. The number of fused-ring (bicyclic) bond motifs is 1. The Balaban J connectivity index is 1.34. The molecule has 5 rings (SSSR count). The first-order chi connectivity index (χ1) is 15.6. The summed E-state index contributed by atoms with van der Waals surface area (Å²) in [5, 5.41) is 3.12. The molecule has 5 heteroatoms. The molecule has 1 aliphatic heterocycles. The summed E-state index contributed by atoms with van der Waals surface area (Å²) in [4.78, 5) is 28.0. The highest BCUT2D eigenvalue weighted by Crippen LogP contribution is 2.52. The van der Waals surface area contributed by atoms with Gasteiger partial charge < -0.3 is 15.0 Å². The number of ether oxygens (including phenoxy) is 1. The average Bonchev–Trinajstić information content (AvgIpc) is 3.66.